The summed E-state index contributed by atoms with van der Waals surface area (Å²) in [4.78, 5) is 28.4. The Morgan fingerprint density at radius 3 is 2.48 bits per heavy atom. The van der Waals surface area contributed by atoms with Crippen LogP contribution in [0.4, 0.5) is 11.5 Å². The number of carbonyl (C=O) groups is 1. The predicted molar refractivity (Wildman–Crippen MR) is 117 cm³/mol. The first-order valence-electron chi connectivity index (χ1n) is 10.7. The molecular formula is C23H31N5O. The van der Waals surface area contributed by atoms with E-state index >= 15 is 0 Å². The smallest absolute Gasteiger partial charge is 0.274 e. The van der Waals surface area contributed by atoms with Crippen LogP contribution in [0, 0.1) is 19.8 Å². The number of hydrogen-bond donors (Lipinski definition) is 0. The van der Waals surface area contributed by atoms with Crippen LogP contribution < -0.4 is 9.80 Å². The Morgan fingerprint density at radius 1 is 1.00 bits per heavy atom. The molecule has 0 saturated carbocycles. The van der Waals surface area contributed by atoms with Crippen LogP contribution in [0.2, 0.25) is 0 Å². The maximum atomic E-state index is 12.9. The first-order valence-corrected chi connectivity index (χ1v) is 10.7. The Labute approximate surface area is 173 Å². The van der Waals surface area contributed by atoms with Gasteiger partial charge in [-0.15, -0.1) is 0 Å². The summed E-state index contributed by atoms with van der Waals surface area (Å²) in [7, 11) is 0. The minimum absolute atomic E-state index is 0.0170. The molecule has 1 amide bonds. The number of hydrogen-bond acceptors (Lipinski definition) is 5. The number of carbonyl (C=O) groups excluding carboxylic acids is 1. The molecule has 2 fully saturated rings. The lowest BCUT2D eigenvalue weighted by molar-refractivity contribution is 0.0740. The number of amides is 1. The number of anilines is 2. The van der Waals surface area contributed by atoms with Gasteiger partial charge in [0.2, 0.25) is 0 Å². The van der Waals surface area contributed by atoms with Gasteiger partial charge in [0.05, 0.1) is 12.4 Å². The highest BCUT2D eigenvalue weighted by Gasteiger charge is 2.25. The quantitative estimate of drug-likeness (QED) is 0.801. The molecule has 0 N–H and O–H groups in total. The van der Waals surface area contributed by atoms with Gasteiger partial charge in [-0.2, -0.15) is 0 Å². The molecule has 1 aromatic carbocycles. The van der Waals surface area contributed by atoms with Crippen molar-refractivity contribution >= 4 is 17.4 Å². The van der Waals surface area contributed by atoms with E-state index < -0.39 is 0 Å². The minimum Gasteiger partial charge on any atom is -0.368 e. The molecule has 1 aromatic heterocycles. The largest absolute Gasteiger partial charge is 0.368 e. The van der Waals surface area contributed by atoms with E-state index in [2.05, 4.69) is 58.7 Å². The molecule has 0 radical (unpaired) electrons. The molecule has 0 bridgehead atoms. The van der Waals surface area contributed by atoms with Crippen LogP contribution in [0.15, 0.2) is 30.6 Å². The zero-order chi connectivity index (χ0) is 20.4. The average molecular weight is 394 g/mol. The summed E-state index contributed by atoms with van der Waals surface area (Å²) in [5.74, 6) is 1.55. The van der Waals surface area contributed by atoms with Gasteiger partial charge in [-0.25, -0.2) is 9.97 Å². The molecule has 0 aliphatic carbocycles. The zero-order valence-electron chi connectivity index (χ0n) is 17.8. The van der Waals surface area contributed by atoms with E-state index in [0.29, 0.717) is 24.7 Å². The van der Waals surface area contributed by atoms with Crippen molar-refractivity contribution in [3.63, 3.8) is 0 Å². The molecular weight excluding hydrogens is 362 g/mol. The van der Waals surface area contributed by atoms with Gasteiger partial charge in [0.25, 0.3) is 5.91 Å². The van der Waals surface area contributed by atoms with Gasteiger partial charge in [-0.1, -0.05) is 19.1 Å². The van der Waals surface area contributed by atoms with E-state index in [-0.39, 0.29) is 5.91 Å². The normalized spacial score (nSPS) is 20.1. The SMILES string of the molecule is Cc1cccc(N2CCN(C(=O)c3cnc(N4CCCC(C)C4)cn3)CC2)c1C. The third-order valence-electron chi connectivity index (χ3n) is 6.32. The average Bonchev–Trinajstić information content (AvgIpc) is 2.75. The minimum atomic E-state index is -0.0170. The van der Waals surface area contributed by atoms with E-state index in [1.54, 1.807) is 12.4 Å². The molecule has 6 heteroatoms. The summed E-state index contributed by atoms with van der Waals surface area (Å²) in [6.45, 7) is 11.7. The van der Waals surface area contributed by atoms with Crippen molar-refractivity contribution in [2.75, 3.05) is 49.1 Å². The van der Waals surface area contributed by atoms with Crippen LogP contribution in [-0.2, 0) is 0 Å². The molecule has 4 rings (SSSR count). The lowest BCUT2D eigenvalue weighted by Crippen LogP contribution is -2.49. The van der Waals surface area contributed by atoms with Crippen molar-refractivity contribution in [3.8, 4) is 0 Å². The Kier molecular flexibility index (Phi) is 5.69. The van der Waals surface area contributed by atoms with E-state index in [1.807, 2.05) is 4.90 Å². The Balaban J connectivity index is 1.37. The van der Waals surface area contributed by atoms with Crippen molar-refractivity contribution in [3.05, 3.63) is 47.4 Å². The van der Waals surface area contributed by atoms with E-state index in [4.69, 9.17) is 0 Å². The second-order valence-electron chi connectivity index (χ2n) is 8.45. The van der Waals surface area contributed by atoms with Crippen molar-refractivity contribution in [1.82, 2.24) is 14.9 Å². The highest BCUT2D eigenvalue weighted by atomic mass is 16.2. The number of nitrogens with zero attached hydrogens (tertiary/aromatic N) is 5. The van der Waals surface area contributed by atoms with Crippen LogP contribution in [0.1, 0.15) is 41.4 Å². The Morgan fingerprint density at radius 2 is 1.79 bits per heavy atom. The summed E-state index contributed by atoms with van der Waals surface area (Å²) in [6.07, 6.45) is 5.87. The van der Waals surface area contributed by atoms with Crippen molar-refractivity contribution in [2.45, 2.75) is 33.6 Å². The van der Waals surface area contributed by atoms with Crippen LogP contribution >= 0.6 is 0 Å². The number of benzene rings is 1. The molecule has 2 aromatic rings. The second kappa shape index (κ2) is 8.39. The summed E-state index contributed by atoms with van der Waals surface area (Å²) in [6, 6.07) is 6.42. The molecule has 0 spiro atoms. The van der Waals surface area contributed by atoms with E-state index in [1.165, 1.54) is 29.7 Å². The maximum absolute atomic E-state index is 12.9. The molecule has 2 aliphatic heterocycles. The summed E-state index contributed by atoms with van der Waals surface area (Å²) in [5.41, 5.74) is 4.34. The van der Waals surface area contributed by atoms with E-state index in [0.717, 1.165) is 32.0 Å². The number of rotatable bonds is 3. The Hall–Kier alpha value is -2.63. The van der Waals surface area contributed by atoms with E-state index in [9.17, 15) is 4.79 Å². The number of aromatic nitrogens is 2. The second-order valence-corrected chi connectivity index (χ2v) is 8.45. The Bertz CT molecular complexity index is 858. The molecule has 2 aliphatic rings. The molecule has 3 heterocycles. The highest BCUT2D eigenvalue weighted by Crippen LogP contribution is 2.24. The predicted octanol–water partition coefficient (Wildman–Crippen LogP) is 3.29. The number of aryl methyl sites for hydroxylation is 1. The van der Waals surface area contributed by atoms with Gasteiger partial charge in [0, 0.05) is 45.0 Å². The van der Waals surface area contributed by atoms with Crippen LogP contribution in [0.25, 0.3) is 0 Å². The summed E-state index contributed by atoms with van der Waals surface area (Å²) < 4.78 is 0. The summed E-state index contributed by atoms with van der Waals surface area (Å²) >= 11 is 0. The monoisotopic (exact) mass is 393 g/mol. The first-order chi connectivity index (χ1) is 14.0. The van der Waals surface area contributed by atoms with Gasteiger partial charge in [0.15, 0.2) is 0 Å². The van der Waals surface area contributed by atoms with Crippen molar-refractivity contribution < 1.29 is 4.79 Å². The molecule has 1 unspecified atom stereocenters. The lowest BCUT2D eigenvalue weighted by atomic mass is 10.0. The third-order valence-corrected chi connectivity index (χ3v) is 6.32. The van der Waals surface area contributed by atoms with Gasteiger partial charge in [-0.05, 0) is 49.8 Å². The number of piperidine rings is 1. The van der Waals surface area contributed by atoms with Gasteiger partial charge >= 0.3 is 0 Å². The van der Waals surface area contributed by atoms with Crippen LogP contribution in [-0.4, -0.2) is 60.0 Å². The number of piperazine rings is 1. The maximum Gasteiger partial charge on any atom is 0.274 e. The van der Waals surface area contributed by atoms with Gasteiger partial charge in [0.1, 0.15) is 11.5 Å². The fourth-order valence-corrected chi connectivity index (χ4v) is 4.38. The molecule has 29 heavy (non-hydrogen) atoms. The van der Waals surface area contributed by atoms with Gasteiger partial charge in [-0.3, -0.25) is 4.79 Å². The highest BCUT2D eigenvalue weighted by molar-refractivity contribution is 5.92. The van der Waals surface area contributed by atoms with Crippen LogP contribution in [0.5, 0.6) is 0 Å². The standard InChI is InChI=1S/C23H31N5O/c1-17-6-5-9-28(16-17)22-15-24-20(14-25-22)23(29)27-12-10-26(11-13-27)21-8-4-7-18(2)19(21)3/h4,7-8,14-15,17H,5-6,9-13,16H2,1-3H3. The topological polar surface area (TPSA) is 52.6 Å². The fourth-order valence-electron chi connectivity index (χ4n) is 4.38. The lowest BCUT2D eigenvalue weighted by Gasteiger charge is -2.37. The molecule has 6 nitrogen and oxygen atoms in total. The van der Waals surface area contributed by atoms with Crippen molar-refractivity contribution in [1.29, 1.82) is 0 Å². The van der Waals surface area contributed by atoms with Crippen molar-refractivity contribution in [2.24, 2.45) is 5.92 Å². The molecule has 1 atom stereocenters. The summed E-state index contributed by atoms with van der Waals surface area (Å²) in [5, 5.41) is 0. The third kappa shape index (κ3) is 4.21. The first kappa shape index (κ1) is 19.7. The molecule has 154 valence electrons. The molecule has 2 saturated heterocycles. The zero-order valence-corrected chi connectivity index (χ0v) is 17.8. The fraction of sp³-hybridized carbons (Fsp3) is 0.522. The van der Waals surface area contributed by atoms with Gasteiger partial charge < -0.3 is 14.7 Å². The van der Waals surface area contributed by atoms with Crippen LogP contribution in [0.3, 0.4) is 0 Å².